The summed E-state index contributed by atoms with van der Waals surface area (Å²) in [7, 11) is 0. The number of aromatic nitrogens is 2. The molecule has 0 saturated carbocycles. The van der Waals surface area contributed by atoms with Crippen LogP contribution in [0.3, 0.4) is 0 Å². The van der Waals surface area contributed by atoms with Crippen LogP contribution in [0.2, 0.25) is 0 Å². The van der Waals surface area contributed by atoms with Gasteiger partial charge in [0, 0.05) is 6.54 Å². The van der Waals surface area contributed by atoms with Crippen molar-refractivity contribution in [3.05, 3.63) is 29.6 Å². The van der Waals surface area contributed by atoms with Crippen molar-refractivity contribution in [2.45, 2.75) is 25.8 Å². The van der Waals surface area contributed by atoms with Crippen LogP contribution < -0.4 is 5.32 Å². The maximum Gasteiger partial charge on any atom is 0.239 e. The van der Waals surface area contributed by atoms with Crippen LogP contribution in [0.1, 0.15) is 30.6 Å². The van der Waals surface area contributed by atoms with Crippen molar-refractivity contribution in [2.24, 2.45) is 0 Å². The molecule has 1 aromatic carbocycles. The number of carbonyl (C=O) groups excluding carboxylic acids is 1. The van der Waals surface area contributed by atoms with E-state index < -0.39 is 0 Å². The van der Waals surface area contributed by atoms with Gasteiger partial charge in [-0.15, -0.1) is 11.6 Å². The first-order valence-corrected chi connectivity index (χ1v) is 6.81. The van der Waals surface area contributed by atoms with E-state index in [1.165, 1.54) is 0 Å². The maximum atomic E-state index is 11.8. The number of nitrogens with zero attached hydrogens (tertiary/aromatic N) is 3. The van der Waals surface area contributed by atoms with Crippen LogP contribution in [0, 0.1) is 11.3 Å². The Morgan fingerprint density at radius 2 is 2.35 bits per heavy atom. The largest absolute Gasteiger partial charge is 0.355 e. The lowest BCUT2D eigenvalue weighted by Gasteiger charge is -2.10. The van der Waals surface area contributed by atoms with Gasteiger partial charge in [-0.3, -0.25) is 4.79 Å². The molecular weight excluding hydrogens is 276 g/mol. The van der Waals surface area contributed by atoms with Gasteiger partial charge in [0.15, 0.2) is 0 Å². The number of hydrogen-bond acceptors (Lipinski definition) is 3. The van der Waals surface area contributed by atoms with E-state index >= 15 is 0 Å². The Kier molecular flexibility index (Phi) is 4.26. The van der Waals surface area contributed by atoms with Crippen LogP contribution in [0.4, 0.5) is 0 Å². The second kappa shape index (κ2) is 5.93. The molecule has 2 aromatic rings. The molecule has 5 nitrogen and oxygen atoms in total. The average molecular weight is 291 g/mol. The molecule has 6 heteroatoms. The van der Waals surface area contributed by atoms with Gasteiger partial charge in [0.25, 0.3) is 0 Å². The molecule has 1 unspecified atom stereocenters. The van der Waals surface area contributed by atoms with Crippen LogP contribution >= 0.6 is 11.6 Å². The molecule has 1 heterocycles. The van der Waals surface area contributed by atoms with Crippen molar-refractivity contribution in [1.29, 1.82) is 5.26 Å². The molecule has 0 aliphatic heterocycles. The van der Waals surface area contributed by atoms with Gasteiger partial charge in [-0.1, -0.05) is 0 Å². The highest BCUT2D eigenvalue weighted by Crippen LogP contribution is 2.25. The second-order valence-corrected chi connectivity index (χ2v) is 5.10. The Balaban J connectivity index is 2.55. The lowest BCUT2D eigenvalue weighted by molar-refractivity contribution is -0.121. The fraction of sp³-hybridized carbons (Fsp3) is 0.357. The SMILES string of the molecule is CCNC(=O)Cn1c(C(C)Cl)nc2ccc(C#N)cc21. The normalized spacial score (nSPS) is 12.1. The van der Waals surface area contributed by atoms with Gasteiger partial charge in [-0.25, -0.2) is 4.98 Å². The zero-order valence-electron chi connectivity index (χ0n) is 11.4. The molecule has 0 radical (unpaired) electrons. The maximum absolute atomic E-state index is 11.8. The van der Waals surface area contributed by atoms with E-state index in [0.29, 0.717) is 17.9 Å². The lowest BCUT2D eigenvalue weighted by Crippen LogP contribution is -2.27. The summed E-state index contributed by atoms with van der Waals surface area (Å²) >= 11 is 6.13. The molecule has 0 saturated heterocycles. The molecule has 0 spiro atoms. The number of alkyl halides is 1. The fourth-order valence-corrected chi connectivity index (χ4v) is 2.24. The first-order valence-electron chi connectivity index (χ1n) is 6.37. The molecule has 1 amide bonds. The number of rotatable bonds is 4. The molecule has 0 aliphatic carbocycles. The highest BCUT2D eigenvalue weighted by molar-refractivity contribution is 6.20. The number of halogens is 1. The number of benzene rings is 1. The molecule has 0 aliphatic rings. The van der Waals surface area contributed by atoms with Crippen LogP contribution in [-0.4, -0.2) is 22.0 Å². The Hall–Kier alpha value is -2.06. The number of carbonyl (C=O) groups is 1. The first-order chi connectivity index (χ1) is 9.56. The van der Waals surface area contributed by atoms with Gasteiger partial charge in [-0.05, 0) is 32.0 Å². The van der Waals surface area contributed by atoms with Gasteiger partial charge < -0.3 is 9.88 Å². The Labute approximate surface area is 122 Å². The van der Waals surface area contributed by atoms with Crippen LogP contribution in [-0.2, 0) is 11.3 Å². The third-order valence-corrected chi connectivity index (χ3v) is 3.13. The Bertz CT molecular complexity index is 684. The van der Waals surface area contributed by atoms with Crippen LogP contribution in [0.25, 0.3) is 11.0 Å². The van der Waals surface area contributed by atoms with E-state index in [-0.39, 0.29) is 17.8 Å². The van der Waals surface area contributed by atoms with E-state index in [0.717, 1.165) is 11.0 Å². The summed E-state index contributed by atoms with van der Waals surface area (Å²) in [5, 5.41) is 11.4. The second-order valence-electron chi connectivity index (χ2n) is 4.44. The number of amides is 1. The molecule has 1 atom stereocenters. The Morgan fingerprint density at radius 3 is 2.95 bits per heavy atom. The van der Waals surface area contributed by atoms with E-state index in [4.69, 9.17) is 16.9 Å². The summed E-state index contributed by atoms with van der Waals surface area (Å²) in [5.74, 6) is 0.524. The minimum Gasteiger partial charge on any atom is -0.355 e. The van der Waals surface area contributed by atoms with Gasteiger partial charge in [0.05, 0.1) is 28.0 Å². The summed E-state index contributed by atoms with van der Waals surface area (Å²) in [6.45, 7) is 4.39. The van der Waals surface area contributed by atoms with Crippen molar-refractivity contribution in [1.82, 2.24) is 14.9 Å². The molecule has 0 bridgehead atoms. The van der Waals surface area contributed by atoms with Gasteiger partial charge in [0.1, 0.15) is 12.4 Å². The molecular formula is C14H15ClN4O. The predicted molar refractivity (Wildman–Crippen MR) is 77.4 cm³/mol. The number of likely N-dealkylation sites (N-methyl/N-ethyl adjacent to an activating group) is 1. The van der Waals surface area contributed by atoms with Crippen molar-refractivity contribution >= 4 is 28.5 Å². The number of nitriles is 1. The van der Waals surface area contributed by atoms with Crippen LogP contribution in [0.5, 0.6) is 0 Å². The summed E-state index contributed by atoms with van der Waals surface area (Å²) in [6.07, 6.45) is 0. The van der Waals surface area contributed by atoms with E-state index in [9.17, 15) is 4.79 Å². The molecule has 20 heavy (non-hydrogen) atoms. The van der Waals surface area contributed by atoms with E-state index in [2.05, 4.69) is 16.4 Å². The standard InChI is InChI=1S/C14H15ClN4O/c1-3-17-13(20)8-19-12-6-10(7-16)4-5-11(12)18-14(19)9(2)15/h4-6,9H,3,8H2,1-2H3,(H,17,20). The summed E-state index contributed by atoms with van der Waals surface area (Å²) in [6, 6.07) is 7.29. The monoisotopic (exact) mass is 290 g/mol. The minimum atomic E-state index is -0.317. The Morgan fingerprint density at radius 1 is 1.60 bits per heavy atom. The molecule has 104 valence electrons. The first kappa shape index (κ1) is 14.4. The zero-order valence-corrected chi connectivity index (χ0v) is 12.1. The third kappa shape index (κ3) is 2.75. The zero-order chi connectivity index (χ0) is 14.7. The highest BCUT2D eigenvalue weighted by Gasteiger charge is 2.17. The van der Waals surface area contributed by atoms with Gasteiger partial charge in [0.2, 0.25) is 5.91 Å². The van der Waals surface area contributed by atoms with Crippen molar-refractivity contribution in [3.8, 4) is 6.07 Å². The topological polar surface area (TPSA) is 70.7 Å². The van der Waals surface area contributed by atoms with Crippen molar-refractivity contribution in [3.63, 3.8) is 0 Å². The number of hydrogen-bond donors (Lipinski definition) is 1. The predicted octanol–water partition coefficient (Wildman–Crippen LogP) is 2.34. The van der Waals surface area contributed by atoms with Crippen molar-refractivity contribution < 1.29 is 4.79 Å². The fourth-order valence-electron chi connectivity index (χ4n) is 2.08. The summed E-state index contributed by atoms with van der Waals surface area (Å²) in [5.41, 5.74) is 2.01. The number of nitrogens with one attached hydrogen (secondary N) is 1. The minimum absolute atomic E-state index is 0.104. The van der Waals surface area contributed by atoms with Crippen LogP contribution in [0.15, 0.2) is 18.2 Å². The highest BCUT2D eigenvalue weighted by atomic mass is 35.5. The summed E-state index contributed by atoms with van der Waals surface area (Å²) in [4.78, 5) is 16.3. The number of imidazole rings is 1. The molecule has 2 rings (SSSR count). The van der Waals surface area contributed by atoms with Gasteiger partial charge in [-0.2, -0.15) is 5.26 Å². The third-order valence-electron chi connectivity index (χ3n) is 2.94. The average Bonchev–Trinajstić information content (AvgIpc) is 2.77. The van der Waals surface area contributed by atoms with Crippen molar-refractivity contribution in [2.75, 3.05) is 6.54 Å². The smallest absolute Gasteiger partial charge is 0.239 e. The van der Waals surface area contributed by atoms with Gasteiger partial charge >= 0.3 is 0 Å². The van der Waals surface area contributed by atoms with E-state index in [1.807, 2.05) is 13.8 Å². The summed E-state index contributed by atoms with van der Waals surface area (Å²) < 4.78 is 1.76. The number of fused-ring (bicyclic) bond motifs is 1. The quantitative estimate of drug-likeness (QED) is 0.879. The van der Waals surface area contributed by atoms with E-state index in [1.54, 1.807) is 22.8 Å². The molecule has 0 fully saturated rings. The molecule has 1 N–H and O–H groups in total. The lowest BCUT2D eigenvalue weighted by atomic mass is 10.2. The molecule has 1 aromatic heterocycles.